The van der Waals surface area contributed by atoms with Crippen molar-refractivity contribution in [3.05, 3.63) is 53.9 Å². The summed E-state index contributed by atoms with van der Waals surface area (Å²) in [5.41, 5.74) is 3.72. The van der Waals surface area contributed by atoms with Crippen LogP contribution in [0.4, 0.5) is 5.69 Å². The molecule has 0 amide bonds. The molecule has 0 N–H and O–H groups in total. The molecule has 2 rings (SSSR count). The maximum atomic E-state index is 2.23. The maximum Gasteiger partial charge on any atom is 0.0363 e. The summed E-state index contributed by atoms with van der Waals surface area (Å²) in [5.74, 6) is 0. The van der Waals surface area contributed by atoms with Gasteiger partial charge in [-0.3, -0.25) is 0 Å². The number of nitrogens with zero attached hydrogens (tertiary/aromatic N) is 2. The molecule has 2 nitrogen and oxygen atoms in total. The van der Waals surface area contributed by atoms with Crippen molar-refractivity contribution in [1.29, 1.82) is 0 Å². The van der Waals surface area contributed by atoms with Gasteiger partial charge >= 0.3 is 0 Å². The first-order chi connectivity index (χ1) is 8.69. The normalized spacial score (nSPS) is 11.1. The number of benzene rings is 1. The summed E-state index contributed by atoms with van der Waals surface area (Å²) in [5, 5.41) is 0. The molecular weight excluding hydrogens is 220 g/mol. The summed E-state index contributed by atoms with van der Waals surface area (Å²) in [4.78, 5) is 2.23. The molecule has 0 saturated heterocycles. The van der Waals surface area contributed by atoms with Crippen LogP contribution in [0.3, 0.4) is 0 Å². The molecule has 1 aromatic heterocycles. The molecule has 18 heavy (non-hydrogen) atoms. The smallest absolute Gasteiger partial charge is 0.0363 e. The predicted molar refractivity (Wildman–Crippen MR) is 79.7 cm³/mol. The Bertz CT molecular complexity index is 520. The van der Waals surface area contributed by atoms with Gasteiger partial charge in [0.25, 0.3) is 0 Å². The van der Waals surface area contributed by atoms with Crippen molar-refractivity contribution in [2.45, 2.75) is 6.92 Å². The van der Waals surface area contributed by atoms with Crippen molar-refractivity contribution in [2.75, 3.05) is 18.5 Å². The van der Waals surface area contributed by atoms with Crippen LogP contribution in [0.5, 0.6) is 0 Å². The molecule has 0 spiro atoms. The highest BCUT2D eigenvalue weighted by Gasteiger charge is 1.96. The van der Waals surface area contributed by atoms with Gasteiger partial charge in [-0.2, -0.15) is 0 Å². The first-order valence-electron chi connectivity index (χ1n) is 6.30. The second-order valence-electron chi connectivity index (χ2n) is 4.55. The second kappa shape index (κ2) is 5.58. The molecular formula is C16H20N2. The SMILES string of the molecule is CCN(C)c1ccc(/C=C/c2ccn(C)c2)cc1. The minimum absolute atomic E-state index is 1.03. The highest BCUT2D eigenvalue weighted by molar-refractivity contribution is 5.70. The fraction of sp³-hybridized carbons (Fsp3) is 0.250. The number of anilines is 1. The Morgan fingerprint density at radius 3 is 2.28 bits per heavy atom. The molecule has 2 heteroatoms. The molecule has 0 aliphatic heterocycles. The molecule has 0 aliphatic rings. The van der Waals surface area contributed by atoms with E-state index < -0.39 is 0 Å². The predicted octanol–water partition coefficient (Wildman–Crippen LogP) is 3.65. The average Bonchev–Trinajstić information content (AvgIpc) is 2.82. The van der Waals surface area contributed by atoms with Crippen LogP contribution in [-0.2, 0) is 7.05 Å². The summed E-state index contributed by atoms with van der Waals surface area (Å²) >= 11 is 0. The number of aryl methyl sites for hydroxylation is 1. The Morgan fingerprint density at radius 2 is 1.72 bits per heavy atom. The van der Waals surface area contributed by atoms with Crippen LogP contribution in [-0.4, -0.2) is 18.2 Å². The van der Waals surface area contributed by atoms with Crippen LogP contribution in [0.2, 0.25) is 0 Å². The summed E-state index contributed by atoms with van der Waals surface area (Å²) in [7, 11) is 4.14. The number of hydrogen-bond acceptors (Lipinski definition) is 1. The minimum Gasteiger partial charge on any atom is -0.375 e. The van der Waals surface area contributed by atoms with Gasteiger partial charge in [0.15, 0.2) is 0 Å². The quantitative estimate of drug-likeness (QED) is 0.792. The molecule has 0 bridgehead atoms. The molecule has 1 heterocycles. The van der Waals surface area contributed by atoms with E-state index in [0.29, 0.717) is 0 Å². The van der Waals surface area contributed by atoms with Gasteiger partial charge < -0.3 is 9.47 Å². The standard InChI is InChI=1S/C16H20N2/c1-4-18(3)16-9-7-14(8-10-16)5-6-15-11-12-17(2)13-15/h5-13H,4H2,1-3H3/b6-5+. The van der Waals surface area contributed by atoms with Crippen molar-refractivity contribution in [3.8, 4) is 0 Å². The van der Waals surface area contributed by atoms with Gasteiger partial charge in [0.2, 0.25) is 0 Å². The largest absolute Gasteiger partial charge is 0.375 e. The van der Waals surface area contributed by atoms with Gasteiger partial charge in [0.05, 0.1) is 0 Å². The zero-order valence-electron chi connectivity index (χ0n) is 11.3. The van der Waals surface area contributed by atoms with E-state index in [1.165, 1.54) is 16.8 Å². The molecule has 0 atom stereocenters. The van der Waals surface area contributed by atoms with Crippen LogP contribution in [0.1, 0.15) is 18.1 Å². The molecule has 1 aromatic carbocycles. The summed E-state index contributed by atoms with van der Waals surface area (Å²) in [6.45, 7) is 3.18. The first kappa shape index (κ1) is 12.5. The Kier molecular flexibility index (Phi) is 3.88. The van der Waals surface area contributed by atoms with Crippen molar-refractivity contribution in [1.82, 2.24) is 4.57 Å². The lowest BCUT2D eigenvalue weighted by Gasteiger charge is -2.16. The Balaban J connectivity index is 2.08. The third-order valence-electron chi connectivity index (χ3n) is 3.13. The van der Waals surface area contributed by atoms with Crippen LogP contribution < -0.4 is 4.90 Å². The second-order valence-corrected chi connectivity index (χ2v) is 4.55. The van der Waals surface area contributed by atoms with Crippen LogP contribution in [0, 0.1) is 0 Å². The minimum atomic E-state index is 1.03. The van der Waals surface area contributed by atoms with Crippen molar-refractivity contribution in [2.24, 2.45) is 7.05 Å². The summed E-state index contributed by atoms with van der Waals surface area (Å²) in [6, 6.07) is 10.7. The monoisotopic (exact) mass is 240 g/mol. The van der Waals surface area contributed by atoms with Crippen LogP contribution in [0.15, 0.2) is 42.7 Å². The van der Waals surface area contributed by atoms with Crippen LogP contribution in [0.25, 0.3) is 12.2 Å². The molecule has 2 aromatic rings. The molecule has 94 valence electrons. The zero-order valence-corrected chi connectivity index (χ0v) is 11.3. The van der Waals surface area contributed by atoms with Gasteiger partial charge in [0.1, 0.15) is 0 Å². The first-order valence-corrected chi connectivity index (χ1v) is 6.30. The highest BCUT2D eigenvalue weighted by Crippen LogP contribution is 2.15. The van der Waals surface area contributed by atoms with E-state index in [4.69, 9.17) is 0 Å². The van der Waals surface area contributed by atoms with E-state index in [1.54, 1.807) is 0 Å². The molecule has 0 unspecified atom stereocenters. The van der Waals surface area contributed by atoms with Gasteiger partial charge in [-0.15, -0.1) is 0 Å². The lowest BCUT2D eigenvalue weighted by Crippen LogP contribution is -2.15. The Labute approximate surface area is 109 Å². The average molecular weight is 240 g/mol. The molecule has 0 saturated carbocycles. The number of hydrogen-bond donors (Lipinski definition) is 0. The van der Waals surface area contributed by atoms with E-state index in [0.717, 1.165) is 6.54 Å². The lowest BCUT2D eigenvalue weighted by molar-refractivity contribution is 0.927. The zero-order chi connectivity index (χ0) is 13.0. The molecule has 0 aliphatic carbocycles. The Hall–Kier alpha value is -1.96. The van der Waals surface area contributed by atoms with E-state index in [-0.39, 0.29) is 0 Å². The highest BCUT2D eigenvalue weighted by atomic mass is 15.1. The summed E-state index contributed by atoms with van der Waals surface area (Å²) < 4.78 is 2.05. The van der Waals surface area contributed by atoms with E-state index in [2.05, 4.69) is 78.3 Å². The fourth-order valence-electron chi connectivity index (χ4n) is 1.84. The fourth-order valence-corrected chi connectivity index (χ4v) is 1.84. The van der Waals surface area contributed by atoms with Crippen molar-refractivity contribution < 1.29 is 0 Å². The number of rotatable bonds is 4. The van der Waals surface area contributed by atoms with Gasteiger partial charge in [0, 0.05) is 38.7 Å². The third kappa shape index (κ3) is 3.04. The lowest BCUT2D eigenvalue weighted by atomic mass is 10.1. The third-order valence-corrected chi connectivity index (χ3v) is 3.13. The topological polar surface area (TPSA) is 8.17 Å². The van der Waals surface area contributed by atoms with Crippen LogP contribution >= 0.6 is 0 Å². The van der Waals surface area contributed by atoms with Gasteiger partial charge in [-0.25, -0.2) is 0 Å². The van der Waals surface area contributed by atoms with Crippen molar-refractivity contribution >= 4 is 17.8 Å². The van der Waals surface area contributed by atoms with E-state index >= 15 is 0 Å². The van der Waals surface area contributed by atoms with E-state index in [9.17, 15) is 0 Å². The van der Waals surface area contributed by atoms with Crippen molar-refractivity contribution in [3.63, 3.8) is 0 Å². The molecule has 0 fully saturated rings. The Morgan fingerprint density at radius 1 is 1.06 bits per heavy atom. The van der Waals surface area contributed by atoms with Gasteiger partial charge in [-0.05, 0) is 36.2 Å². The summed E-state index contributed by atoms with van der Waals surface area (Å²) in [6.07, 6.45) is 8.44. The maximum absolute atomic E-state index is 2.23. The van der Waals surface area contributed by atoms with E-state index in [1.807, 2.05) is 7.05 Å². The molecule has 0 radical (unpaired) electrons. The number of aromatic nitrogens is 1. The van der Waals surface area contributed by atoms with Gasteiger partial charge in [-0.1, -0.05) is 24.3 Å².